The SMILES string of the molecule is CCCCCCCCCCC1CCC(c2ccc3c(c2)c(=S)oc2c(F)c(CCCCCCCCC)ccc23)CC1. The molecule has 1 aromatic heterocycles. The van der Waals surface area contributed by atoms with Gasteiger partial charge in [0.2, 0.25) is 0 Å². The van der Waals surface area contributed by atoms with E-state index in [9.17, 15) is 0 Å². The number of hydrogen-bond acceptors (Lipinski definition) is 2. The minimum Gasteiger partial charge on any atom is -0.441 e. The summed E-state index contributed by atoms with van der Waals surface area (Å²) in [6.07, 6.45) is 27.2. The fraction of sp³-hybridized carbons (Fsp3) is 0.658. The van der Waals surface area contributed by atoms with Gasteiger partial charge in [-0.1, -0.05) is 134 Å². The third-order valence-corrected chi connectivity index (χ3v) is 10.1. The van der Waals surface area contributed by atoms with Gasteiger partial charge in [0.05, 0.1) is 0 Å². The van der Waals surface area contributed by atoms with Gasteiger partial charge in [-0.3, -0.25) is 0 Å². The molecule has 0 atom stereocenters. The van der Waals surface area contributed by atoms with Crippen LogP contribution in [0.4, 0.5) is 4.39 Å². The lowest BCUT2D eigenvalue weighted by molar-refractivity contribution is 0.302. The van der Waals surface area contributed by atoms with Crippen LogP contribution in [0.1, 0.15) is 159 Å². The van der Waals surface area contributed by atoms with Gasteiger partial charge >= 0.3 is 0 Å². The first-order valence-corrected chi connectivity index (χ1v) is 17.7. The van der Waals surface area contributed by atoms with E-state index in [4.69, 9.17) is 16.6 Å². The lowest BCUT2D eigenvalue weighted by atomic mass is 9.76. The smallest absolute Gasteiger partial charge is 0.198 e. The van der Waals surface area contributed by atoms with Crippen LogP contribution in [0.15, 0.2) is 34.7 Å². The topological polar surface area (TPSA) is 13.1 Å². The number of aryl methyl sites for hydroxylation is 1. The molecule has 1 nitrogen and oxygen atoms in total. The summed E-state index contributed by atoms with van der Waals surface area (Å²) in [7, 11) is 0. The molecule has 1 aliphatic rings. The van der Waals surface area contributed by atoms with Crippen LogP contribution in [0.25, 0.3) is 21.7 Å². The van der Waals surface area contributed by atoms with Crippen LogP contribution < -0.4 is 0 Å². The first-order chi connectivity index (χ1) is 20.1. The average Bonchev–Trinajstić information content (AvgIpc) is 2.99. The van der Waals surface area contributed by atoms with Crippen molar-refractivity contribution in [2.24, 2.45) is 5.92 Å². The molecular formula is C38H55FOS. The maximum atomic E-state index is 15.5. The summed E-state index contributed by atoms with van der Waals surface area (Å²) >= 11 is 5.69. The van der Waals surface area contributed by atoms with Crippen molar-refractivity contribution < 1.29 is 8.81 Å². The Labute approximate surface area is 254 Å². The molecule has 1 heterocycles. The molecule has 0 bridgehead atoms. The lowest BCUT2D eigenvalue weighted by Crippen LogP contribution is -2.13. The van der Waals surface area contributed by atoms with Crippen LogP contribution in [0.2, 0.25) is 0 Å². The van der Waals surface area contributed by atoms with Crippen LogP contribution in [0.5, 0.6) is 0 Å². The Bertz CT molecular complexity index is 1250. The second-order valence-corrected chi connectivity index (χ2v) is 13.3. The molecule has 0 spiro atoms. The molecule has 0 unspecified atom stereocenters. The van der Waals surface area contributed by atoms with E-state index in [1.807, 2.05) is 12.1 Å². The second kappa shape index (κ2) is 17.4. The molecule has 1 aliphatic carbocycles. The summed E-state index contributed by atoms with van der Waals surface area (Å²) in [6, 6.07) is 10.7. The van der Waals surface area contributed by atoms with Gasteiger partial charge in [0.15, 0.2) is 16.1 Å². The van der Waals surface area contributed by atoms with Crippen molar-refractivity contribution in [2.45, 2.75) is 155 Å². The number of unbranched alkanes of at least 4 members (excludes halogenated alkanes) is 13. The number of halogens is 1. The Morgan fingerprint density at radius 2 is 1.27 bits per heavy atom. The zero-order chi connectivity index (χ0) is 28.9. The molecule has 0 aliphatic heterocycles. The van der Waals surface area contributed by atoms with Crippen LogP contribution in [0.3, 0.4) is 0 Å². The van der Waals surface area contributed by atoms with E-state index in [2.05, 4.69) is 32.0 Å². The molecule has 3 heteroatoms. The number of hydrogen-bond donors (Lipinski definition) is 0. The summed E-state index contributed by atoms with van der Waals surface area (Å²) in [5, 5.41) is 2.82. The summed E-state index contributed by atoms with van der Waals surface area (Å²) in [5.41, 5.74) is 2.46. The largest absolute Gasteiger partial charge is 0.441 e. The molecule has 3 aromatic rings. The first-order valence-electron chi connectivity index (χ1n) is 17.3. The molecule has 2 aromatic carbocycles. The minimum absolute atomic E-state index is 0.222. The Morgan fingerprint density at radius 1 is 0.683 bits per heavy atom. The van der Waals surface area contributed by atoms with E-state index in [0.29, 0.717) is 16.2 Å². The van der Waals surface area contributed by atoms with Gasteiger partial charge in [-0.15, -0.1) is 0 Å². The standard InChI is InChI=1S/C38H55FOS/c1-3-5-7-9-11-13-14-16-18-29-20-22-30(23-21-29)32-25-26-33-34-27-24-31(19-17-15-12-10-8-6-4-2)36(39)37(34)40-38(41)35(33)28-32/h24-30H,3-23H2,1-2H3. The number of fused-ring (bicyclic) bond motifs is 3. The Kier molecular flexibility index (Phi) is 13.7. The summed E-state index contributed by atoms with van der Waals surface area (Å²) in [5.74, 6) is 1.28. The quantitative estimate of drug-likeness (QED) is 0.0846. The lowest BCUT2D eigenvalue weighted by Gasteiger charge is -2.29. The van der Waals surface area contributed by atoms with Crippen molar-refractivity contribution >= 4 is 34.0 Å². The Morgan fingerprint density at radius 3 is 1.93 bits per heavy atom. The summed E-state index contributed by atoms with van der Waals surface area (Å²) in [4.78, 5) is 0. The summed E-state index contributed by atoms with van der Waals surface area (Å²) in [6.45, 7) is 4.53. The van der Waals surface area contributed by atoms with Gasteiger partial charge in [0.25, 0.3) is 0 Å². The van der Waals surface area contributed by atoms with Crippen molar-refractivity contribution in [3.05, 3.63) is 52.0 Å². The van der Waals surface area contributed by atoms with Gasteiger partial charge in [-0.25, -0.2) is 4.39 Å². The normalized spacial score (nSPS) is 17.5. The molecule has 0 amide bonds. The minimum atomic E-state index is -0.222. The Balaban J connectivity index is 1.31. The first kappa shape index (κ1) is 32.2. The predicted molar refractivity (Wildman–Crippen MR) is 178 cm³/mol. The second-order valence-electron chi connectivity index (χ2n) is 13.0. The van der Waals surface area contributed by atoms with Crippen molar-refractivity contribution in [3.8, 4) is 0 Å². The van der Waals surface area contributed by atoms with Crippen molar-refractivity contribution in [1.82, 2.24) is 0 Å². The molecule has 0 radical (unpaired) electrons. The highest BCUT2D eigenvalue weighted by Gasteiger charge is 2.23. The van der Waals surface area contributed by atoms with E-state index < -0.39 is 0 Å². The van der Waals surface area contributed by atoms with Crippen LogP contribution >= 0.6 is 12.2 Å². The molecule has 226 valence electrons. The predicted octanol–water partition coefficient (Wildman–Crippen LogP) is 13.6. The molecule has 1 fully saturated rings. The fourth-order valence-electron chi connectivity index (χ4n) is 7.09. The van der Waals surface area contributed by atoms with Crippen molar-refractivity contribution in [1.29, 1.82) is 0 Å². The highest BCUT2D eigenvalue weighted by molar-refractivity contribution is 7.71. The third-order valence-electron chi connectivity index (χ3n) is 9.76. The number of benzene rings is 2. The van der Waals surface area contributed by atoms with Gasteiger partial charge in [-0.05, 0) is 85.2 Å². The zero-order valence-corrected chi connectivity index (χ0v) is 26.9. The number of rotatable bonds is 18. The van der Waals surface area contributed by atoms with Gasteiger partial charge in [0, 0.05) is 10.8 Å². The van der Waals surface area contributed by atoms with E-state index in [1.165, 1.54) is 121 Å². The van der Waals surface area contributed by atoms with Crippen LogP contribution in [-0.4, -0.2) is 0 Å². The monoisotopic (exact) mass is 578 g/mol. The highest BCUT2D eigenvalue weighted by Crippen LogP contribution is 2.40. The fourth-order valence-corrected chi connectivity index (χ4v) is 7.35. The van der Waals surface area contributed by atoms with Gasteiger partial charge in [-0.2, -0.15) is 0 Å². The maximum Gasteiger partial charge on any atom is 0.198 e. The Hall–Kier alpha value is -1.74. The average molecular weight is 579 g/mol. The van der Waals surface area contributed by atoms with Gasteiger partial charge < -0.3 is 4.42 Å². The molecular weight excluding hydrogens is 523 g/mol. The summed E-state index contributed by atoms with van der Waals surface area (Å²) < 4.78 is 21.9. The van der Waals surface area contributed by atoms with E-state index in [1.54, 1.807) is 0 Å². The maximum absolute atomic E-state index is 15.5. The molecule has 0 N–H and O–H groups in total. The van der Waals surface area contributed by atoms with Crippen LogP contribution in [-0.2, 0) is 6.42 Å². The van der Waals surface area contributed by atoms with Gasteiger partial charge in [0.1, 0.15) is 0 Å². The molecule has 1 saturated carbocycles. The van der Waals surface area contributed by atoms with Crippen molar-refractivity contribution in [3.63, 3.8) is 0 Å². The van der Waals surface area contributed by atoms with E-state index in [-0.39, 0.29) is 5.82 Å². The van der Waals surface area contributed by atoms with E-state index in [0.717, 1.165) is 46.9 Å². The molecule has 41 heavy (non-hydrogen) atoms. The van der Waals surface area contributed by atoms with E-state index >= 15 is 4.39 Å². The molecule has 0 saturated heterocycles. The molecule has 4 rings (SSSR count). The third kappa shape index (κ3) is 9.37. The van der Waals surface area contributed by atoms with Crippen molar-refractivity contribution in [2.75, 3.05) is 0 Å². The zero-order valence-electron chi connectivity index (χ0n) is 26.1. The van der Waals surface area contributed by atoms with Crippen LogP contribution in [0, 0.1) is 16.4 Å². The highest BCUT2D eigenvalue weighted by atomic mass is 32.1.